The van der Waals surface area contributed by atoms with E-state index < -0.39 is 5.41 Å². The van der Waals surface area contributed by atoms with E-state index in [9.17, 15) is 9.59 Å². The number of rotatable bonds is 6. The second kappa shape index (κ2) is 10.5. The third kappa shape index (κ3) is 5.63. The fraction of sp³-hybridized carbons (Fsp3) is 0.536. The van der Waals surface area contributed by atoms with Crippen molar-refractivity contribution in [3.8, 4) is 11.1 Å². The molecule has 1 N–H and O–H groups in total. The number of hydrogen-bond acceptors (Lipinski definition) is 3. The van der Waals surface area contributed by atoms with Crippen molar-refractivity contribution in [2.75, 3.05) is 13.1 Å². The predicted molar refractivity (Wildman–Crippen MR) is 131 cm³/mol. The van der Waals surface area contributed by atoms with E-state index in [0.717, 1.165) is 29.5 Å². The van der Waals surface area contributed by atoms with Crippen LogP contribution in [0.3, 0.4) is 0 Å². The van der Waals surface area contributed by atoms with Crippen molar-refractivity contribution in [1.82, 2.24) is 15.2 Å². The fourth-order valence-electron chi connectivity index (χ4n) is 5.46. The van der Waals surface area contributed by atoms with Gasteiger partial charge in [0.15, 0.2) is 0 Å². The average molecular weight is 448 g/mol. The summed E-state index contributed by atoms with van der Waals surface area (Å²) in [5.74, 6) is 0.622. The molecule has 0 radical (unpaired) electrons. The van der Waals surface area contributed by atoms with E-state index in [2.05, 4.69) is 34.6 Å². The van der Waals surface area contributed by atoms with Crippen molar-refractivity contribution < 1.29 is 9.59 Å². The van der Waals surface area contributed by atoms with Gasteiger partial charge in [0.2, 0.25) is 11.8 Å². The number of nitrogens with one attached hydrogen (secondary N) is 1. The van der Waals surface area contributed by atoms with Gasteiger partial charge in [-0.3, -0.25) is 14.6 Å². The second-order valence-corrected chi connectivity index (χ2v) is 10.2. The summed E-state index contributed by atoms with van der Waals surface area (Å²) in [6, 6.07) is 12.6. The monoisotopic (exact) mass is 447 g/mol. The van der Waals surface area contributed by atoms with Crippen LogP contribution in [0.2, 0.25) is 0 Å². The first kappa shape index (κ1) is 23.5. The number of aromatic nitrogens is 1. The van der Waals surface area contributed by atoms with E-state index in [0.29, 0.717) is 38.3 Å². The van der Waals surface area contributed by atoms with Crippen molar-refractivity contribution in [3.63, 3.8) is 0 Å². The number of carbonyl (C=O) groups is 2. The predicted octanol–water partition coefficient (Wildman–Crippen LogP) is 5.00. The highest BCUT2D eigenvalue weighted by molar-refractivity contribution is 5.84. The van der Waals surface area contributed by atoms with Crippen LogP contribution in [0.1, 0.15) is 64.4 Å². The summed E-state index contributed by atoms with van der Waals surface area (Å²) in [5, 5.41) is 3.18. The highest BCUT2D eigenvalue weighted by Crippen LogP contribution is 2.38. The van der Waals surface area contributed by atoms with Crippen molar-refractivity contribution in [2.24, 2.45) is 11.3 Å². The van der Waals surface area contributed by atoms with Gasteiger partial charge in [-0.05, 0) is 74.8 Å². The number of carbonyl (C=O) groups excluding carboxylic acids is 2. The molecule has 0 spiro atoms. The molecule has 2 fully saturated rings. The molecule has 1 saturated carbocycles. The number of benzene rings is 1. The number of nitrogens with zero attached hydrogens (tertiary/aromatic N) is 2. The van der Waals surface area contributed by atoms with Crippen LogP contribution < -0.4 is 5.32 Å². The minimum absolute atomic E-state index is 0.0967. The Morgan fingerprint density at radius 3 is 2.39 bits per heavy atom. The Balaban J connectivity index is 1.51. The number of hydrogen-bond donors (Lipinski definition) is 1. The zero-order chi connectivity index (χ0) is 23.3. The van der Waals surface area contributed by atoms with Crippen molar-refractivity contribution >= 4 is 11.8 Å². The Morgan fingerprint density at radius 2 is 1.73 bits per heavy atom. The Hall–Kier alpha value is -2.69. The molecule has 0 unspecified atom stereocenters. The van der Waals surface area contributed by atoms with Gasteiger partial charge in [-0.2, -0.15) is 0 Å². The quantitative estimate of drug-likeness (QED) is 0.677. The molecule has 176 valence electrons. The van der Waals surface area contributed by atoms with Crippen LogP contribution in [-0.4, -0.2) is 40.8 Å². The first-order valence-electron chi connectivity index (χ1n) is 12.6. The molecule has 1 aliphatic carbocycles. The summed E-state index contributed by atoms with van der Waals surface area (Å²) in [5.41, 5.74) is 2.94. The van der Waals surface area contributed by atoms with Crippen molar-refractivity contribution in [3.05, 3.63) is 54.4 Å². The van der Waals surface area contributed by atoms with Gasteiger partial charge in [-0.15, -0.1) is 0 Å². The SMILES string of the molecule is CC(C)NC(=O)C1(Cc2cccc(-c3ccncc3)c2)CCN(C(=O)C2CCCCC2)CC1. The highest BCUT2D eigenvalue weighted by atomic mass is 16.2. The molecule has 33 heavy (non-hydrogen) atoms. The summed E-state index contributed by atoms with van der Waals surface area (Å²) in [6.07, 6.45) is 11.4. The maximum Gasteiger partial charge on any atom is 0.226 e. The molecule has 2 heterocycles. The highest BCUT2D eigenvalue weighted by Gasteiger charge is 2.43. The molecule has 1 aromatic carbocycles. The molecule has 1 saturated heterocycles. The van der Waals surface area contributed by atoms with E-state index >= 15 is 0 Å². The minimum Gasteiger partial charge on any atom is -0.353 e. The van der Waals surface area contributed by atoms with Gasteiger partial charge >= 0.3 is 0 Å². The van der Waals surface area contributed by atoms with Gasteiger partial charge in [0, 0.05) is 37.4 Å². The van der Waals surface area contributed by atoms with Crippen molar-refractivity contribution in [2.45, 2.75) is 71.3 Å². The molecule has 2 amide bonds. The Kier molecular flexibility index (Phi) is 7.46. The molecule has 1 aliphatic heterocycles. The van der Waals surface area contributed by atoms with E-state index in [4.69, 9.17) is 0 Å². The first-order valence-corrected chi connectivity index (χ1v) is 12.6. The smallest absolute Gasteiger partial charge is 0.226 e. The Bertz CT molecular complexity index is 943. The van der Waals surface area contributed by atoms with Gasteiger partial charge in [-0.25, -0.2) is 0 Å². The standard InChI is InChI=1S/C28H37N3O2/c1-21(2)30-27(33)28(13-17-31(18-14-28)26(32)24-8-4-3-5-9-24)20-22-7-6-10-25(19-22)23-11-15-29-16-12-23/h6-7,10-12,15-16,19,21,24H,3-5,8-9,13-14,17-18,20H2,1-2H3,(H,30,33). The fourth-order valence-corrected chi connectivity index (χ4v) is 5.46. The lowest BCUT2D eigenvalue weighted by molar-refractivity contribution is -0.144. The van der Waals surface area contributed by atoms with Crippen LogP contribution in [0.4, 0.5) is 0 Å². The second-order valence-electron chi connectivity index (χ2n) is 10.2. The average Bonchev–Trinajstić information content (AvgIpc) is 2.85. The molecule has 5 nitrogen and oxygen atoms in total. The van der Waals surface area contributed by atoms with Crippen LogP contribution in [-0.2, 0) is 16.0 Å². The molecule has 0 bridgehead atoms. The van der Waals surface area contributed by atoms with E-state index in [1.165, 1.54) is 19.3 Å². The maximum atomic E-state index is 13.4. The normalized spacial score (nSPS) is 18.8. The lowest BCUT2D eigenvalue weighted by atomic mass is 9.72. The zero-order valence-electron chi connectivity index (χ0n) is 20.1. The van der Waals surface area contributed by atoms with E-state index in [1.807, 2.05) is 30.9 Å². The van der Waals surface area contributed by atoms with Gasteiger partial charge in [0.1, 0.15) is 0 Å². The molecule has 4 rings (SSSR count). The third-order valence-electron chi connectivity index (χ3n) is 7.37. The summed E-state index contributed by atoms with van der Waals surface area (Å²) >= 11 is 0. The van der Waals surface area contributed by atoms with Gasteiger partial charge < -0.3 is 10.2 Å². The topological polar surface area (TPSA) is 62.3 Å². The largest absolute Gasteiger partial charge is 0.353 e. The van der Waals surface area contributed by atoms with Gasteiger partial charge in [0.25, 0.3) is 0 Å². The zero-order valence-corrected chi connectivity index (χ0v) is 20.1. The Morgan fingerprint density at radius 1 is 1.03 bits per heavy atom. The van der Waals surface area contributed by atoms with Gasteiger partial charge in [0.05, 0.1) is 5.41 Å². The number of likely N-dealkylation sites (tertiary alicyclic amines) is 1. The van der Waals surface area contributed by atoms with Gasteiger partial charge in [-0.1, -0.05) is 43.5 Å². The minimum atomic E-state index is -0.482. The number of piperidine rings is 1. The number of pyridine rings is 1. The summed E-state index contributed by atoms with van der Waals surface area (Å²) < 4.78 is 0. The van der Waals surface area contributed by atoms with E-state index in [-0.39, 0.29) is 17.9 Å². The maximum absolute atomic E-state index is 13.4. The summed E-state index contributed by atoms with van der Waals surface area (Å²) in [4.78, 5) is 32.7. The molecule has 0 atom stereocenters. The van der Waals surface area contributed by atoms with E-state index in [1.54, 1.807) is 12.4 Å². The van der Waals surface area contributed by atoms with Crippen LogP contribution in [0.25, 0.3) is 11.1 Å². The summed E-state index contributed by atoms with van der Waals surface area (Å²) in [7, 11) is 0. The van der Waals surface area contributed by atoms with Crippen LogP contribution in [0.15, 0.2) is 48.8 Å². The molecule has 2 aromatic rings. The van der Waals surface area contributed by atoms with Crippen LogP contribution >= 0.6 is 0 Å². The molecular weight excluding hydrogens is 410 g/mol. The lowest BCUT2D eigenvalue weighted by Crippen LogP contribution is -2.53. The summed E-state index contributed by atoms with van der Waals surface area (Å²) in [6.45, 7) is 5.37. The molecule has 2 aliphatic rings. The van der Waals surface area contributed by atoms with Crippen molar-refractivity contribution in [1.29, 1.82) is 0 Å². The van der Waals surface area contributed by atoms with Crippen LogP contribution in [0.5, 0.6) is 0 Å². The van der Waals surface area contributed by atoms with Crippen LogP contribution in [0, 0.1) is 11.3 Å². The lowest BCUT2D eigenvalue weighted by Gasteiger charge is -2.42. The first-order chi connectivity index (χ1) is 16.0. The molecule has 5 heteroatoms. The number of amides is 2. The third-order valence-corrected chi connectivity index (χ3v) is 7.37. The Labute approximate surface area is 198 Å². The molecular formula is C28H37N3O2. The molecule has 1 aromatic heterocycles.